The van der Waals surface area contributed by atoms with Gasteiger partial charge in [0.15, 0.2) is 0 Å². The molecule has 0 radical (unpaired) electrons. The normalized spacial score (nSPS) is 13.0. The quantitative estimate of drug-likeness (QED) is 0.751. The lowest BCUT2D eigenvalue weighted by atomic mass is 9.99. The number of hydrogen-bond donors (Lipinski definition) is 1. The molecule has 0 aliphatic carbocycles. The number of pyridine rings is 1. The first kappa shape index (κ1) is 17.6. The van der Waals surface area contributed by atoms with E-state index in [4.69, 9.17) is 0 Å². The van der Waals surface area contributed by atoms with Crippen LogP contribution < -0.4 is 0 Å². The molecule has 2 aromatic rings. The summed E-state index contributed by atoms with van der Waals surface area (Å²) in [7, 11) is 0. The lowest BCUT2D eigenvalue weighted by Gasteiger charge is -2.10. The van der Waals surface area contributed by atoms with Crippen LogP contribution in [0.15, 0.2) is 18.5 Å². The van der Waals surface area contributed by atoms with Gasteiger partial charge in [-0.3, -0.25) is 4.98 Å². The van der Waals surface area contributed by atoms with Crippen LogP contribution in [0.4, 0.5) is 4.39 Å². The highest BCUT2D eigenvalue weighted by atomic mass is 19.1. The Balaban J connectivity index is 1.87. The zero-order valence-corrected chi connectivity index (χ0v) is 14.9. The molecule has 0 aliphatic rings. The molecular weight excluding hydrogens is 289 g/mol. The molecular formula is C19H28FN3. The molecule has 0 saturated heterocycles. The lowest BCUT2D eigenvalue weighted by Crippen LogP contribution is -2.00. The van der Waals surface area contributed by atoms with Gasteiger partial charge in [0.05, 0.1) is 0 Å². The van der Waals surface area contributed by atoms with Gasteiger partial charge in [-0.25, -0.2) is 9.37 Å². The summed E-state index contributed by atoms with van der Waals surface area (Å²) in [5, 5.41) is 0. The van der Waals surface area contributed by atoms with Gasteiger partial charge in [-0.2, -0.15) is 0 Å². The Morgan fingerprint density at radius 2 is 1.78 bits per heavy atom. The topological polar surface area (TPSA) is 41.6 Å². The number of nitrogens with zero attached hydrogens (tertiary/aromatic N) is 2. The Bertz CT molecular complexity index is 631. The minimum absolute atomic E-state index is 0.131. The minimum atomic E-state index is -0.131. The molecule has 0 aromatic carbocycles. The van der Waals surface area contributed by atoms with E-state index >= 15 is 0 Å². The average Bonchev–Trinajstić information content (AvgIpc) is 2.97. The van der Waals surface area contributed by atoms with Crippen LogP contribution in [0.25, 0.3) is 0 Å². The highest BCUT2D eigenvalue weighted by molar-refractivity contribution is 5.19. The second-order valence-corrected chi connectivity index (χ2v) is 7.02. The molecule has 2 aromatic heterocycles. The SMILES string of the molecule is CC(C)c1ncc(C(C)CCCc2cc(F)c(C(C)C)cn2)[nH]1. The second-order valence-electron chi connectivity index (χ2n) is 7.02. The molecule has 0 aliphatic heterocycles. The molecule has 4 heteroatoms. The molecule has 1 atom stereocenters. The van der Waals surface area contributed by atoms with Crippen LogP contribution in [-0.4, -0.2) is 15.0 Å². The van der Waals surface area contributed by atoms with Crippen LogP contribution in [0.3, 0.4) is 0 Å². The fourth-order valence-corrected chi connectivity index (χ4v) is 2.68. The highest BCUT2D eigenvalue weighted by Gasteiger charge is 2.12. The first-order valence-corrected chi connectivity index (χ1v) is 8.57. The van der Waals surface area contributed by atoms with Crippen molar-refractivity contribution in [3.63, 3.8) is 0 Å². The third-order valence-corrected chi connectivity index (χ3v) is 4.32. The van der Waals surface area contributed by atoms with Crippen molar-refractivity contribution in [2.24, 2.45) is 0 Å². The maximum Gasteiger partial charge on any atom is 0.130 e. The third kappa shape index (κ3) is 4.63. The van der Waals surface area contributed by atoms with Crippen molar-refractivity contribution in [3.05, 3.63) is 47.1 Å². The van der Waals surface area contributed by atoms with E-state index in [0.29, 0.717) is 17.4 Å². The maximum atomic E-state index is 14.0. The van der Waals surface area contributed by atoms with Gasteiger partial charge in [0.2, 0.25) is 0 Å². The number of hydrogen-bond acceptors (Lipinski definition) is 2. The van der Waals surface area contributed by atoms with Gasteiger partial charge in [-0.05, 0) is 37.2 Å². The third-order valence-electron chi connectivity index (χ3n) is 4.32. The number of rotatable bonds is 7. The predicted molar refractivity (Wildman–Crippen MR) is 92.3 cm³/mol. The Morgan fingerprint density at radius 3 is 2.35 bits per heavy atom. The lowest BCUT2D eigenvalue weighted by molar-refractivity contribution is 0.583. The molecule has 0 spiro atoms. The molecule has 2 rings (SSSR count). The number of aromatic amines is 1. The molecule has 2 heterocycles. The molecule has 126 valence electrons. The van der Waals surface area contributed by atoms with Crippen LogP contribution in [0, 0.1) is 5.82 Å². The molecule has 23 heavy (non-hydrogen) atoms. The van der Waals surface area contributed by atoms with Crippen LogP contribution in [0.1, 0.15) is 88.0 Å². The Hall–Kier alpha value is -1.71. The summed E-state index contributed by atoms with van der Waals surface area (Å²) >= 11 is 0. The van der Waals surface area contributed by atoms with Gasteiger partial charge in [-0.15, -0.1) is 0 Å². The fourth-order valence-electron chi connectivity index (χ4n) is 2.68. The molecule has 3 nitrogen and oxygen atoms in total. The zero-order valence-electron chi connectivity index (χ0n) is 14.9. The standard InChI is InChI=1S/C19H28FN3/c1-12(2)16-10-21-15(9-17(16)20)8-6-7-14(5)18-11-22-19(23-18)13(3)4/h9-14H,6-8H2,1-5H3,(H,22,23). The Kier molecular flexibility index (Phi) is 5.91. The Labute approximate surface area is 138 Å². The summed E-state index contributed by atoms with van der Waals surface area (Å²) < 4.78 is 14.0. The van der Waals surface area contributed by atoms with Gasteiger partial charge < -0.3 is 4.98 Å². The van der Waals surface area contributed by atoms with Crippen LogP contribution in [0.5, 0.6) is 0 Å². The second kappa shape index (κ2) is 7.71. The van der Waals surface area contributed by atoms with Crippen LogP contribution in [-0.2, 0) is 6.42 Å². The molecule has 0 amide bonds. The van der Waals surface area contributed by atoms with E-state index in [1.807, 2.05) is 20.0 Å². The van der Waals surface area contributed by atoms with Gasteiger partial charge in [0.25, 0.3) is 0 Å². The van der Waals surface area contributed by atoms with Crippen molar-refractivity contribution in [2.75, 3.05) is 0 Å². The van der Waals surface area contributed by atoms with Crippen molar-refractivity contribution in [3.8, 4) is 0 Å². The molecule has 0 saturated carbocycles. The largest absolute Gasteiger partial charge is 0.345 e. The molecule has 0 bridgehead atoms. The Morgan fingerprint density at radius 1 is 1.04 bits per heavy atom. The zero-order chi connectivity index (χ0) is 17.0. The molecule has 1 N–H and O–H groups in total. The monoisotopic (exact) mass is 317 g/mol. The number of H-pyrrole nitrogens is 1. The number of aryl methyl sites for hydroxylation is 1. The minimum Gasteiger partial charge on any atom is -0.345 e. The van der Waals surface area contributed by atoms with E-state index in [-0.39, 0.29) is 11.7 Å². The van der Waals surface area contributed by atoms with Crippen molar-refractivity contribution in [2.45, 2.75) is 71.6 Å². The van der Waals surface area contributed by atoms with Crippen molar-refractivity contribution >= 4 is 0 Å². The van der Waals surface area contributed by atoms with Crippen molar-refractivity contribution in [1.29, 1.82) is 0 Å². The summed E-state index contributed by atoms with van der Waals surface area (Å²) in [5.41, 5.74) is 2.72. The van der Waals surface area contributed by atoms with Crippen LogP contribution in [0.2, 0.25) is 0 Å². The number of aromatic nitrogens is 3. The van der Waals surface area contributed by atoms with E-state index in [0.717, 1.165) is 30.8 Å². The van der Waals surface area contributed by atoms with E-state index in [2.05, 4.69) is 35.7 Å². The van der Waals surface area contributed by atoms with E-state index in [1.54, 1.807) is 12.3 Å². The average molecular weight is 317 g/mol. The summed E-state index contributed by atoms with van der Waals surface area (Å²) in [5.74, 6) is 1.93. The summed E-state index contributed by atoms with van der Waals surface area (Å²) in [6, 6.07) is 1.59. The van der Waals surface area contributed by atoms with Gasteiger partial charge in [0.1, 0.15) is 11.6 Å². The highest BCUT2D eigenvalue weighted by Crippen LogP contribution is 2.23. The van der Waals surface area contributed by atoms with Gasteiger partial charge >= 0.3 is 0 Å². The summed E-state index contributed by atoms with van der Waals surface area (Å²) in [6.07, 6.45) is 6.46. The van der Waals surface area contributed by atoms with Crippen LogP contribution >= 0.6 is 0 Å². The van der Waals surface area contributed by atoms with Crippen molar-refractivity contribution < 1.29 is 4.39 Å². The van der Waals surface area contributed by atoms with E-state index in [9.17, 15) is 4.39 Å². The van der Waals surface area contributed by atoms with Crippen molar-refractivity contribution in [1.82, 2.24) is 15.0 Å². The van der Waals surface area contributed by atoms with Gasteiger partial charge in [-0.1, -0.05) is 34.6 Å². The van der Waals surface area contributed by atoms with E-state index < -0.39 is 0 Å². The smallest absolute Gasteiger partial charge is 0.130 e. The maximum absolute atomic E-state index is 14.0. The fraction of sp³-hybridized carbons (Fsp3) is 0.579. The van der Waals surface area contributed by atoms with Gasteiger partial charge in [0, 0.05) is 35.3 Å². The molecule has 0 fully saturated rings. The predicted octanol–water partition coefficient (Wildman–Crippen LogP) is 5.32. The molecule has 1 unspecified atom stereocenters. The number of imidazole rings is 1. The number of nitrogens with one attached hydrogen (secondary N) is 1. The summed E-state index contributed by atoms with van der Waals surface area (Å²) in [6.45, 7) is 10.4. The number of halogens is 1. The first-order valence-electron chi connectivity index (χ1n) is 8.57. The first-order chi connectivity index (χ1) is 10.9. The van der Waals surface area contributed by atoms with E-state index in [1.165, 1.54) is 5.69 Å². The summed E-state index contributed by atoms with van der Waals surface area (Å²) in [4.78, 5) is 12.2.